The molecule has 3 N–H and O–H groups in total. The number of β-amino-alcohol motifs (C(OH)–C–C–N with tert-alkyl or cyclic N) is 1. The molecule has 0 fully saturated rings. The molecule has 1 aliphatic rings. The van der Waals surface area contributed by atoms with Crippen molar-refractivity contribution >= 4 is 17.3 Å². The number of aliphatic hydroxyl groups is 1. The van der Waals surface area contributed by atoms with Crippen molar-refractivity contribution < 1.29 is 27.5 Å². The summed E-state index contributed by atoms with van der Waals surface area (Å²) in [6.45, 7) is 1.23. The first-order valence-electron chi connectivity index (χ1n) is 8.45. The second-order valence-corrected chi connectivity index (χ2v) is 6.87. The van der Waals surface area contributed by atoms with Crippen molar-refractivity contribution in [2.24, 2.45) is 0 Å². The Morgan fingerprint density at radius 2 is 2.03 bits per heavy atom. The number of halogens is 4. The number of carbonyl (C=O) groups is 1. The lowest BCUT2D eigenvalue weighted by Gasteiger charge is -2.28. The van der Waals surface area contributed by atoms with Crippen molar-refractivity contribution in [1.82, 2.24) is 5.01 Å². The maximum atomic E-state index is 13.3. The fraction of sp³-hybridized carbons (Fsp3) is 0.263. The molecule has 1 heterocycles. The highest BCUT2D eigenvalue weighted by atomic mass is 19.4. The van der Waals surface area contributed by atoms with E-state index in [1.54, 1.807) is 0 Å². The average Bonchev–Trinajstić information content (AvgIpc) is 3.01. The van der Waals surface area contributed by atoms with Crippen LogP contribution < -0.4 is 10.7 Å². The van der Waals surface area contributed by atoms with Crippen LogP contribution in [0.1, 0.15) is 23.6 Å². The SMILES string of the molecule is C[C@](O)(CN1Cc2cc(F)ccc2N1)C(=O)Nc1ccc(C#N)c(C(F)(F)F)c1. The van der Waals surface area contributed by atoms with Crippen LogP contribution in [0.25, 0.3) is 0 Å². The zero-order valence-electron chi connectivity index (χ0n) is 15.1. The largest absolute Gasteiger partial charge is 0.417 e. The average molecular weight is 408 g/mol. The number of anilines is 2. The number of nitriles is 1. The number of fused-ring (bicyclic) bond motifs is 1. The lowest BCUT2D eigenvalue weighted by atomic mass is 10.0. The minimum Gasteiger partial charge on any atom is -0.379 e. The van der Waals surface area contributed by atoms with Crippen LogP contribution in [0.5, 0.6) is 0 Å². The first-order chi connectivity index (χ1) is 13.5. The molecule has 0 aromatic heterocycles. The van der Waals surface area contributed by atoms with E-state index in [4.69, 9.17) is 5.26 Å². The van der Waals surface area contributed by atoms with Gasteiger partial charge >= 0.3 is 6.18 Å². The monoisotopic (exact) mass is 408 g/mol. The normalized spacial score (nSPS) is 15.8. The third-order valence-electron chi connectivity index (χ3n) is 4.40. The van der Waals surface area contributed by atoms with E-state index in [0.717, 1.165) is 12.1 Å². The van der Waals surface area contributed by atoms with Gasteiger partial charge < -0.3 is 15.8 Å². The fourth-order valence-corrected chi connectivity index (χ4v) is 2.98. The van der Waals surface area contributed by atoms with Gasteiger partial charge in [0.15, 0.2) is 5.60 Å². The zero-order valence-corrected chi connectivity index (χ0v) is 15.1. The van der Waals surface area contributed by atoms with E-state index in [1.165, 1.54) is 36.2 Å². The van der Waals surface area contributed by atoms with Crippen LogP contribution in [0.4, 0.5) is 28.9 Å². The van der Waals surface area contributed by atoms with E-state index in [-0.39, 0.29) is 18.8 Å². The second-order valence-electron chi connectivity index (χ2n) is 6.87. The number of benzene rings is 2. The van der Waals surface area contributed by atoms with Crippen molar-refractivity contribution in [2.75, 3.05) is 17.3 Å². The van der Waals surface area contributed by atoms with Gasteiger partial charge in [-0.05, 0) is 48.9 Å². The van der Waals surface area contributed by atoms with Gasteiger partial charge in [0, 0.05) is 12.2 Å². The van der Waals surface area contributed by atoms with E-state index in [2.05, 4.69) is 10.7 Å². The Hall–Kier alpha value is -3.16. The Balaban J connectivity index is 1.71. The molecule has 0 bridgehead atoms. The molecule has 10 heteroatoms. The maximum Gasteiger partial charge on any atom is 0.417 e. The van der Waals surface area contributed by atoms with Crippen LogP contribution >= 0.6 is 0 Å². The van der Waals surface area contributed by atoms with Gasteiger partial charge in [0.25, 0.3) is 5.91 Å². The summed E-state index contributed by atoms with van der Waals surface area (Å²) in [4.78, 5) is 12.4. The summed E-state index contributed by atoms with van der Waals surface area (Å²) in [6, 6.07) is 8.30. The number of amides is 1. The highest BCUT2D eigenvalue weighted by molar-refractivity contribution is 5.97. The van der Waals surface area contributed by atoms with Crippen LogP contribution in [0, 0.1) is 17.1 Å². The summed E-state index contributed by atoms with van der Waals surface area (Å²) >= 11 is 0. The fourth-order valence-electron chi connectivity index (χ4n) is 2.98. The molecule has 0 saturated heterocycles. The van der Waals surface area contributed by atoms with E-state index in [0.29, 0.717) is 17.3 Å². The molecule has 0 radical (unpaired) electrons. The second kappa shape index (κ2) is 7.35. The van der Waals surface area contributed by atoms with Crippen molar-refractivity contribution in [1.29, 1.82) is 5.26 Å². The Kier molecular flexibility index (Phi) is 5.21. The lowest BCUT2D eigenvalue weighted by Crippen LogP contribution is -2.49. The molecule has 1 aliphatic heterocycles. The number of nitrogens with zero attached hydrogens (tertiary/aromatic N) is 2. The van der Waals surface area contributed by atoms with Gasteiger partial charge in [-0.25, -0.2) is 9.40 Å². The highest BCUT2D eigenvalue weighted by Crippen LogP contribution is 2.34. The van der Waals surface area contributed by atoms with Gasteiger partial charge in [-0.2, -0.15) is 18.4 Å². The summed E-state index contributed by atoms with van der Waals surface area (Å²) in [5, 5.41) is 23.1. The molecule has 6 nitrogen and oxygen atoms in total. The summed E-state index contributed by atoms with van der Waals surface area (Å²) < 4.78 is 52.5. The predicted molar refractivity (Wildman–Crippen MR) is 95.8 cm³/mol. The Morgan fingerprint density at radius 1 is 1.31 bits per heavy atom. The molecule has 3 rings (SSSR count). The first kappa shape index (κ1) is 20.6. The number of hydrazine groups is 1. The van der Waals surface area contributed by atoms with Crippen molar-refractivity contribution in [3.8, 4) is 6.07 Å². The molecular formula is C19H16F4N4O2. The van der Waals surface area contributed by atoms with Gasteiger partial charge in [0.2, 0.25) is 0 Å². The molecule has 2 aromatic rings. The Labute approximate surface area is 163 Å². The number of carbonyl (C=O) groups excluding carboxylic acids is 1. The lowest BCUT2D eigenvalue weighted by molar-refractivity contribution is -0.138. The van der Waals surface area contributed by atoms with Gasteiger partial charge in [0.05, 0.1) is 29.4 Å². The number of hydrogen-bond donors (Lipinski definition) is 3. The zero-order chi connectivity index (χ0) is 21.4. The van der Waals surface area contributed by atoms with Gasteiger partial charge in [-0.3, -0.25) is 4.79 Å². The molecule has 1 amide bonds. The molecule has 29 heavy (non-hydrogen) atoms. The molecule has 0 saturated carbocycles. The first-order valence-corrected chi connectivity index (χ1v) is 8.45. The predicted octanol–water partition coefficient (Wildman–Crippen LogP) is 3.25. The highest BCUT2D eigenvalue weighted by Gasteiger charge is 2.36. The third-order valence-corrected chi connectivity index (χ3v) is 4.40. The van der Waals surface area contributed by atoms with Crippen LogP contribution in [-0.4, -0.2) is 28.2 Å². The quantitative estimate of drug-likeness (QED) is 0.676. The minimum atomic E-state index is -4.77. The topological polar surface area (TPSA) is 88.4 Å². The maximum absolute atomic E-state index is 13.3. The van der Waals surface area contributed by atoms with Crippen LogP contribution in [0.15, 0.2) is 36.4 Å². The van der Waals surface area contributed by atoms with E-state index >= 15 is 0 Å². The minimum absolute atomic E-state index is 0.207. The van der Waals surface area contributed by atoms with Crippen molar-refractivity contribution in [3.05, 3.63) is 58.9 Å². The van der Waals surface area contributed by atoms with Gasteiger partial charge in [-0.1, -0.05) is 0 Å². The van der Waals surface area contributed by atoms with E-state index < -0.39 is 34.6 Å². The summed E-state index contributed by atoms with van der Waals surface area (Å²) in [5.41, 5.74) is 0.254. The van der Waals surface area contributed by atoms with Crippen molar-refractivity contribution in [2.45, 2.75) is 25.2 Å². The van der Waals surface area contributed by atoms with E-state index in [9.17, 15) is 27.5 Å². The summed E-state index contributed by atoms with van der Waals surface area (Å²) in [7, 11) is 0. The Bertz CT molecular complexity index is 999. The molecule has 0 unspecified atom stereocenters. The number of alkyl halides is 3. The van der Waals surface area contributed by atoms with Crippen LogP contribution in [-0.2, 0) is 17.5 Å². The van der Waals surface area contributed by atoms with Gasteiger partial charge in [0.1, 0.15) is 5.82 Å². The van der Waals surface area contributed by atoms with E-state index in [1.807, 2.05) is 0 Å². The molecular weight excluding hydrogens is 392 g/mol. The number of hydrogen-bond acceptors (Lipinski definition) is 5. The summed E-state index contributed by atoms with van der Waals surface area (Å²) in [5.74, 6) is -1.35. The molecule has 152 valence electrons. The molecule has 1 atom stereocenters. The molecule has 0 aliphatic carbocycles. The van der Waals surface area contributed by atoms with Crippen molar-refractivity contribution in [3.63, 3.8) is 0 Å². The standard InChI is InChI=1S/C19H16F4N4O2/c1-18(29,10-27-9-12-6-13(20)3-5-16(12)26-27)17(28)25-14-4-2-11(8-24)15(7-14)19(21,22)23/h2-7,26,29H,9-10H2,1H3,(H,25,28)/t18-/m0/s1. The smallest absolute Gasteiger partial charge is 0.379 e. The third kappa shape index (κ3) is 4.47. The summed E-state index contributed by atoms with van der Waals surface area (Å²) in [6.07, 6.45) is -4.77. The van der Waals surface area contributed by atoms with Gasteiger partial charge in [-0.15, -0.1) is 0 Å². The number of rotatable bonds is 4. The molecule has 0 spiro atoms. The number of nitrogens with one attached hydrogen (secondary N) is 2. The van der Waals surface area contributed by atoms with Crippen LogP contribution in [0.3, 0.4) is 0 Å². The van der Waals surface area contributed by atoms with Crippen LogP contribution in [0.2, 0.25) is 0 Å². The Morgan fingerprint density at radius 3 is 2.69 bits per heavy atom. The molecule has 2 aromatic carbocycles.